The van der Waals surface area contributed by atoms with Gasteiger partial charge in [-0.3, -0.25) is 0 Å². The zero-order valence-corrected chi connectivity index (χ0v) is 10.7. The van der Waals surface area contributed by atoms with Gasteiger partial charge in [-0.2, -0.15) is 11.8 Å². The molecule has 0 saturated carbocycles. The number of thioether (sulfide) groups is 1. The SMILES string of the molecule is CCC(C)C(C)NCC1CCCCS1. The monoisotopic (exact) mass is 215 g/mol. The lowest BCUT2D eigenvalue weighted by Gasteiger charge is -2.26. The highest BCUT2D eigenvalue weighted by Crippen LogP contribution is 2.24. The van der Waals surface area contributed by atoms with Crippen LogP contribution in [0.15, 0.2) is 0 Å². The largest absolute Gasteiger partial charge is 0.313 e. The second-order valence-electron chi connectivity index (χ2n) is 4.57. The first kappa shape index (κ1) is 12.4. The molecule has 0 aliphatic carbocycles. The summed E-state index contributed by atoms with van der Waals surface area (Å²) in [4.78, 5) is 0. The quantitative estimate of drug-likeness (QED) is 0.755. The van der Waals surface area contributed by atoms with Crippen molar-refractivity contribution in [2.75, 3.05) is 12.3 Å². The van der Waals surface area contributed by atoms with Crippen molar-refractivity contribution in [1.29, 1.82) is 0 Å². The van der Waals surface area contributed by atoms with Crippen molar-refractivity contribution in [3.63, 3.8) is 0 Å². The molecule has 0 bridgehead atoms. The third-order valence-corrected chi connectivity index (χ3v) is 4.84. The van der Waals surface area contributed by atoms with Crippen molar-refractivity contribution in [2.24, 2.45) is 5.92 Å². The van der Waals surface area contributed by atoms with Crippen LogP contribution in [-0.4, -0.2) is 23.6 Å². The van der Waals surface area contributed by atoms with E-state index in [0.29, 0.717) is 6.04 Å². The topological polar surface area (TPSA) is 12.0 Å². The third kappa shape index (κ3) is 4.22. The van der Waals surface area contributed by atoms with Crippen LogP contribution in [0.5, 0.6) is 0 Å². The first-order valence-electron chi connectivity index (χ1n) is 6.09. The highest BCUT2D eigenvalue weighted by atomic mass is 32.2. The maximum absolute atomic E-state index is 3.68. The van der Waals surface area contributed by atoms with E-state index in [1.54, 1.807) is 0 Å². The van der Waals surface area contributed by atoms with Crippen molar-refractivity contribution in [3.05, 3.63) is 0 Å². The summed E-state index contributed by atoms with van der Waals surface area (Å²) in [5, 5.41) is 4.57. The molecule has 1 rings (SSSR count). The summed E-state index contributed by atoms with van der Waals surface area (Å²) >= 11 is 2.16. The lowest BCUT2D eigenvalue weighted by atomic mass is 10.0. The molecular formula is C12H25NS. The van der Waals surface area contributed by atoms with Gasteiger partial charge in [0.25, 0.3) is 0 Å². The first-order valence-corrected chi connectivity index (χ1v) is 7.14. The van der Waals surface area contributed by atoms with E-state index >= 15 is 0 Å². The maximum atomic E-state index is 3.68. The molecule has 1 saturated heterocycles. The predicted molar refractivity (Wildman–Crippen MR) is 67.0 cm³/mol. The van der Waals surface area contributed by atoms with Crippen LogP contribution in [0.2, 0.25) is 0 Å². The third-order valence-electron chi connectivity index (χ3n) is 3.44. The molecule has 1 heterocycles. The van der Waals surface area contributed by atoms with Crippen LogP contribution >= 0.6 is 11.8 Å². The average Bonchev–Trinajstić information content (AvgIpc) is 2.26. The summed E-state index contributed by atoms with van der Waals surface area (Å²) < 4.78 is 0. The fourth-order valence-electron chi connectivity index (χ4n) is 1.84. The van der Waals surface area contributed by atoms with Crippen LogP contribution in [0, 0.1) is 5.92 Å². The summed E-state index contributed by atoms with van der Waals surface area (Å²) in [6, 6.07) is 0.683. The van der Waals surface area contributed by atoms with E-state index < -0.39 is 0 Å². The molecule has 0 spiro atoms. The Morgan fingerprint density at radius 1 is 1.36 bits per heavy atom. The van der Waals surface area contributed by atoms with Gasteiger partial charge in [-0.15, -0.1) is 0 Å². The molecule has 0 amide bonds. The second kappa shape index (κ2) is 6.73. The minimum Gasteiger partial charge on any atom is -0.313 e. The van der Waals surface area contributed by atoms with Gasteiger partial charge < -0.3 is 5.32 Å². The van der Waals surface area contributed by atoms with Crippen LogP contribution in [-0.2, 0) is 0 Å². The Hall–Kier alpha value is 0.310. The Kier molecular flexibility index (Phi) is 5.95. The van der Waals surface area contributed by atoms with E-state index in [2.05, 4.69) is 37.8 Å². The first-order chi connectivity index (χ1) is 6.74. The van der Waals surface area contributed by atoms with Crippen molar-refractivity contribution in [1.82, 2.24) is 5.32 Å². The van der Waals surface area contributed by atoms with E-state index in [1.807, 2.05) is 0 Å². The molecule has 0 aromatic heterocycles. The van der Waals surface area contributed by atoms with E-state index in [9.17, 15) is 0 Å². The van der Waals surface area contributed by atoms with Gasteiger partial charge in [0.2, 0.25) is 0 Å². The fourth-order valence-corrected chi connectivity index (χ4v) is 3.09. The lowest BCUT2D eigenvalue weighted by Crippen LogP contribution is -2.37. The Bertz CT molecular complexity index is 141. The van der Waals surface area contributed by atoms with Gasteiger partial charge in [0.05, 0.1) is 0 Å². The highest BCUT2D eigenvalue weighted by Gasteiger charge is 2.16. The average molecular weight is 215 g/mol. The van der Waals surface area contributed by atoms with Gasteiger partial charge in [-0.1, -0.05) is 26.7 Å². The van der Waals surface area contributed by atoms with E-state index in [0.717, 1.165) is 11.2 Å². The van der Waals surface area contributed by atoms with Crippen LogP contribution in [0.4, 0.5) is 0 Å². The fraction of sp³-hybridized carbons (Fsp3) is 1.00. The van der Waals surface area contributed by atoms with E-state index in [-0.39, 0.29) is 0 Å². The molecule has 84 valence electrons. The molecule has 1 aliphatic rings. The predicted octanol–water partition coefficient (Wildman–Crippen LogP) is 3.30. The van der Waals surface area contributed by atoms with Gasteiger partial charge in [0.15, 0.2) is 0 Å². The van der Waals surface area contributed by atoms with Gasteiger partial charge >= 0.3 is 0 Å². The van der Waals surface area contributed by atoms with Crippen LogP contribution in [0.3, 0.4) is 0 Å². The summed E-state index contributed by atoms with van der Waals surface area (Å²) in [6.45, 7) is 8.15. The second-order valence-corrected chi connectivity index (χ2v) is 5.98. The number of hydrogen-bond donors (Lipinski definition) is 1. The molecule has 3 unspecified atom stereocenters. The van der Waals surface area contributed by atoms with Crippen LogP contribution < -0.4 is 5.32 Å². The zero-order valence-electron chi connectivity index (χ0n) is 9.88. The molecule has 0 aromatic rings. The molecule has 0 aromatic carbocycles. The van der Waals surface area contributed by atoms with Crippen molar-refractivity contribution in [2.45, 2.75) is 57.7 Å². The Morgan fingerprint density at radius 3 is 2.71 bits per heavy atom. The minimum absolute atomic E-state index is 0.683. The molecule has 1 nitrogen and oxygen atoms in total. The summed E-state index contributed by atoms with van der Waals surface area (Å²) in [7, 11) is 0. The van der Waals surface area contributed by atoms with Gasteiger partial charge in [-0.05, 0) is 31.4 Å². The molecule has 0 radical (unpaired) electrons. The van der Waals surface area contributed by atoms with Crippen LogP contribution in [0.25, 0.3) is 0 Å². The Balaban J connectivity index is 2.12. The summed E-state index contributed by atoms with van der Waals surface area (Å²) in [5.74, 6) is 2.19. The molecule has 1 fully saturated rings. The minimum atomic E-state index is 0.683. The zero-order chi connectivity index (χ0) is 10.4. The van der Waals surface area contributed by atoms with Gasteiger partial charge in [-0.25, -0.2) is 0 Å². The van der Waals surface area contributed by atoms with Crippen LogP contribution in [0.1, 0.15) is 46.5 Å². The van der Waals surface area contributed by atoms with E-state index in [4.69, 9.17) is 0 Å². The van der Waals surface area contributed by atoms with E-state index in [1.165, 1.54) is 38.0 Å². The molecule has 3 atom stereocenters. The normalized spacial score (nSPS) is 27.2. The maximum Gasteiger partial charge on any atom is 0.0172 e. The molecule has 1 N–H and O–H groups in total. The Morgan fingerprint density at radius 2 is 2.14 bits per heavy atom. The standard InChI is InChI=1S/C12H25NS/c1-4-10(2)11(3)13-9-12-7-5-6-8-14-12/h10-13H,4-9H2,1-3H3. The van der Waals surface area contributed by atoms with Gasteiger partial charge in [0.1, 0.15) is 0 Å². The number of hydrogen-bond acceptors (Lipinski definition) is 2. The number of nitrogens with one attached hydrogen (secondary N) is 1. The highest BCUT2D eigenvalue weighted by molar-refractivity contribution is 7.99. The smallest absolute Gasteiger partial charge is 0.0172 e. The molecular weight excluding hydrogens is 190 g/mol. The van der Waals surface area contributed by atoms with Crippen molar-refractivity contribution >= 4 is 11.8 Å². The van der Waals surface area contributed by atoms with Gasteiger partial charge in [0, 0.05) is 17.8 Å². The lowest BCUT2D eigenvalue weighted by molar-refractivity contribution is 0.387. The van der Waals surface area contributed by atoms with Crippen molar-refractivity contribution in [3.8, 4) is 0 Å². The molecule has 14 heavy (non-hydrogen) atoms. The Labute approximate surface area is 93.4 Å². The summed E-state index contributed by atoms with van der Waals surface area (Å²) in [6.07, 6.45) is 5.58. The molecule has 2 heteroatoms. The number of rotatable bonds is 5. The molecule has 1 aliphatic heterocycles. The van der Waals surface area contributed by atoms with Crippen molar-refractivity contribution < 1.29 is 0 Å². The summed E-state index contributed by atoms with van der Waals surface area (Å²) in [5.41, 5.74) is 0.